The summed E-state index contributed by atoms with van der Waals surface area (Å²) in [6.07, 6.45) is 2.00. The summed E-state index contributed by atoms with van der Waals surface area (Å²) in [7, 11) is 0. The lowest BCUT2D eigenvalue weighted by Crippen LogP contribution is -2.45. The molecule has 0 spiro atoms. The van der Waals surface area contributed by atoms with Crippen molar-refractivity contribution < 1.29 is 4.84 Å². The number of hydroxylamine groups is 1. The Morgan fingerprint density at radius 3 is 2.16 bits per heavy atom. The normalized spacial score (nSPS) is 18.9. The third kappa shape index (κ3) is 4.87. The Balaban J connectivity index is 1.22. The van der Waals surface area contributed by atoms with Crippen molar-refractivity contribution in [2.45, 2.75) is 31.4 Å². The number of fused-ring (bicyclic) bond motifs is 1. The highest BCUT2D eigenvalue weighted by molar-refractivity contribution is 5.83. The minimum absolute atomic E-state index is 0.0842. The van der Waals surface area contributed by atoms with E-state index in [-0.39, 0.29) is 12.0 Å². The van der Waals surface area contributed by atoms with Gasteiger partial charge >= 0.3 is 0 Å². The average molecular weight is 412 g/mol. The monoisotopic (exact) mass is 411 g/mol. The maximum atomic E-state index is 6.03. The highest BCUT2D eigenvalue weighted by Crippen LogP contribution is 2.28. The van der Waals surface area contributed by atoms with Gasteiger partial charge in [-0.05, 0) is 28.7 Å². The molecule has 4 nitrogen and oxygen atoms in total. The molecule has 0 bridgehead atoms. The fourth-order valence-electron chi connectivity index (χ4n) is 4.62. The van der Waals surface area contributed by atoms with E-state index in [1.807, 2.05) is 0 Å². The number of nitrogens with zero attached hydrogens (tertiary/aromatic N) is 2. The first-order valence-corrected chi connectivity index (χ1v) is 11.2. The van der Waals surface area contributed by atoms with Gasteiger partial charge in [0.15, 0.2) is 0 Å². The Morgan fingerprint density at radius 2 is 1.52 bits per heavy atom. The summed E-state index contributed by atoms with van der Waals surface area (Å²) in [6.45, 7) is 3.68. The Morgan fingerprint density at radius 1 is 0.871 bits per heavy atom. The SMILES string of the molecule is c1ccc(C(CC2=NCC(CN3CCc4ccccc4C3)ON2)c2ccccc2)cc1. The zero-order valence-electron chi connectivity index (χ0n) is 17.8. The summed E-state index contributed by atoms with van der Waals surface area (Å²) in [5, 5.41) is 0. The second-order valence-corrected chi connectivity index (χ2v) is 8.46. The zero-order chi connectivity index (χ0) is 20.9. The van der Waals surface area contributed by atoms with Crippen LogP contribution in [0.3, 0.4) is 0 Å². The standard InChI is InChI=1S/C27H29N3O/c1-3-10-22(11-4-1)26(23-12-5-2-6-13-23)17-27-28-18-25(31-29-27)20-30-16-15-21-9-7-8-14-24(21)19-30/h1-14,25-26H,15-20H2,(H,28,29). The highest BCUT2D eigenvalue weighted by Gasteiger charge is 2.24. The fraction of sp³-hybridized carbons (Fsp3) is 0.296. The van der Waals surface area contributed by atoms with Crippen LogP contribution >= 0.6 is 0 Å². The van der Waals surface area contributed by atoms with Gasteiger partial charge in [0.25, 0.3) is 0 Å². The predicted molar refractivity (Wildman–Crippen MR) is 125 cm³/mol. The van der Waals surface area contributed by atoms with Crippen LogP contribution in [-0.2, 0) is 17.8 Å². The quantitative estimate of drug-likeness (QED) is 0.646. The first-order valence-electron chi connectivity index (χ1n) is 11.2. The van der Waals surface area contributed by atoms with E-state index in [0.29, 0.717) is 6.54 Å². The molecule has 3 aromatic carbocycles. The largest absolute Gasteiger partial charge is 0.296 e. The van der Waals surface area contributed by atoms with E-state index in [0.717, 1.165) is 38.3 Å². The number of nitrogens with one attached hydrogen (secondary N) is 1. The Hall–Kier alpha value is -2.95. The molecule has 2 heterocycles. The second-order valence-electron chi connectivity index (χ2n) is 8.46. The molecule has 31 heavy (non-hydrogen) atoms. The van der Waals surface area contributed by atoms with Crippen molar-refractivity contribution in [3.05, 3.63) is 107 Å². The molecule has 0 saturated carbocycles. The summed E-state index contributed by atoms with van der Waals surface area (Å²) < 4.78 is 0. The molecule has 1 unspecified atom stereocenters. The van der Waals surface area contributed by atoms with Crippen LogP contribution in [0, 0.1) is 0 Å². The Bertz CT molecular complexity index is 979. The van der Waals surface area contributed by atoms with Gasteiger partial charge in [-0.15, -0.1) is 0 Å². The van der Waals surface area contributed by atoms with Gasteiger partial charge in [0.05, 0.1) is 6.54 Å². The molecule has 1 atom stereocenters. The minimum atomic E-state index is 0.0842. The first kappa shape index (κ1) is 20.0. The number of rotatable bonds is 6. The van der Waals surface area contributed by atoms with Gasteiger partial charge in [-0.3, -0.25) is 20.2 Å². The molecule has 5 rings (SSSR count). The van der Waals surface area contributed by atoms with Crippen LogP contribution in [-0.4, -0.2) is 36.5 Å². The molecular formula is C27H29N3O. The molecule has 0 aromatic heterocycles. The zero-order valence-corrected chi connectivity index (χ0v) is 17.8. The van der Waals surface area contributed by atoms with Crippen LogP contribution < -0.4 is 5.48 Å². The smallest absolute Gasteiger partial charge is 0.121 e. The second kappa shape index (κ2) is 9.46. The summed E-state index contributed by atoms with van der Waals surface area (Å²) in [4.78, 5) is 13.4. The van der Waals surface area contributed by atoms with Crippen molar-refractivity contribution in [1.29, 1.82) is 0 Å². The lowest BCUT2D eigenvalue weighted by Gasteiger charge is -2.33. The van der Waals surface area contributed by atoms with Crippen LogP contribution in [0.4, 0.5) is 0 Å². The highest BCUT2D eigenvalue weighted by atomic mass is 16.7. The fourth-order valence-corrected chi connectivity index (χ4v) is 4.62. The molecular weight excluding hydrogens is 382 g/mol. The third-order valence-electron chi connectivity index (χ3n) is 6.30. The molecule has 3 aromatic rings. The van der Waals surface area contributed by atoms with E-state index in [4.69, 9.17) is 9.83 Å². The molecule has 0 fully saturated rings. The maximum absolute atomic E-state index is 6.03. The molecule has 0 amide bonds. The molecule has 1 N–H and O–H groups in total. The Kier molecular flexibility index (Phi) is 6.10. The first-order chi connectivity index (χ1) is 15.3. The van der Waals surface area contributed by atoms with Crippen LogP contribution in [0.15, 0.2) is 89.9 Å². The number of hydrogen-bond donors (Lipinski definition) is 1. The van der Waals surface area contributed by atoms with E-state index in [2.05, 4.69) is 95.3 Å². The number of benzene rings is 3. The summed E-state index contributed by atoms with van der Waals surface area (Å²) in [5.41, 5.74) is 8.69. The van der Waals surface area contributed by atoms with E-state index in [1.54, 1.807) is 0 Å². The average Bonchev–Trinajstić information content (AvgIpc) is 2.84. The topological polar surface area (TPSA) is 36.9 Å². The van der Waals surface area contributed by atoms with Crippen molar-refractivity contribution in [3.8, 4) is 0 Å². The molecule has 4 heteroatoms. The number of hydrogen-bond acceptors (Lipinski definition) is 4. The van der Waals surface area contributed by atoms with E-state index < -0.39 is 0 Å². The van der Waals surface area contributed by atoms with Gasteiger partial charge in [-0.1, -0.05) is 84.9 Å². The predicted octanol–water partition coefficient (Wildman–Crippen LogP) is 4.57. The van der Waals surface area contributed by atoms with Crippen LogP contribution in [0.25, 0.3) is 0 Å². The van der Waals surface area contributed by atoms with Crippen LogP contribution in [0.1, 0.15) is 34.6 Å². The van der Waals surface area contributed by atoms with Gasteiger partial charge in [0.1, 0.15) is 11.9 Å². The minimum Gasteiger partial charge on any atom is -0.296 e. The van der Waals surface area contributed by atoms with Gasteiger partial charge in [0, 0.05) is 32.0 Å². The van der Waals surface area contributed by atoms with Gasteiger partial charge in [-0.2, -0.15) is 0 Å². The van der Waals surface area contributed by atoms with Gasteiger partial charge in [0.2, 0.25) is 0 Å². The molecule has 2 aliphatic heterocycles. The lowest BCUT2D eigenvalue weighted by molar-refractivity contribution is -0.0167. The van der Waals surface area contributed by atoms with Crippen LogP contribution in [0.5, 0.6) is 0 Å². The molecule has 2 aliphatic rings. The van der Waals surface area contributed by atoms with Crippen molar-refractivity contribution in [1.82, 2.24) is 10.4 Å². The maximum Gasteiger partial charge on any atom is 0.121 e. The Labute approximate surface area is 184 Å². The summed E-state index contributed by atoms with van der Waals surface area (Å²) >= 11 is 0. The molecule has 0 aliphatic carbocycles. The van der Waals surface area contributed by atoms with E-state index in [1.165, 1.54) is 22.3 Å². The molecule has 0 radical (unpaired) electrons. The van der Waals surface area contributed by atoms with Crippen molar-refractivity contribution in [2.24, 2.45) is 4.99 Å². The van der Waals surface area contributed by atoms with Crippen molar-refractivity contribution in [2.75, 3.05) is 19.6 Å². The van der Waals surface area contributed by atoms with Crippen LogP contribution in [0.2, 0.25) is 0 Å². The van der Waals surface area contributed by atoms with E-state index >= 15 is 0 Å². The van der Waals surface area contributed by atoms with Crippen molar-refractivity contribution >= 4 is 5.84 Å². The third-order valence-corrected chi connectivity index (χ3v) is 6.30. The molecule has 0 saturated heterocycles. The lowest BCUT2D eigenvalue weighted by atomic mass is 9.88. The number of aliphatic imine (C=N–C) groups is 1. The molecule has 158 valence electrons. The van der Waals surface area contributed by atoms with Gasteiger partial charge in [-0.25, -0.2) is 0 Å². The van der Waals surface area contributed by atoms with Crippen molar-refractivity contribution in [3.63, 3.8) is 0 Å². The van der Waals surface area contributed by atoms with Gasteiger partial charge < -0.3 is 0 Å². The summed E-state index contributed by atoms with van der Waals surface area (Å²) in [5.74, 6) is 1.19. The van der Waals surface area contributed by atoms with E-state index in [9.17, 15) is 0 Å². The number of amidine groups is 1. The summed E-state index contributed by atoms with van der Waals surface area (Å²) in [6, 6.07) is 30.1.